The molecule has 1 aliphatic rings. The van der Waals surface area contributed by atoms with Crippen LogP contribution in [0.5, 0.6) is 5.75 Å². The quantitative estimate of drug-likeness (QED) is 0.924. The summed E-state index contributed by atoms with van der Waals surface area (Å²) >= 11 is 0. The first-order valence-electron chi connectivity index (χ1n) is 6.83. The minimum absolute atomic E-state index is 0.0495. The second kappa shape index (κ2) is 6.22. The van der Waals surface area contributed by atoms with Crippen molar-refractivity contribution in [2.45, 2.75) is 37.8 Å². The smallest absolute Gasteiger partial charge is 0.254 e. The van der Waals surface area contributed by atoms with Crippen LogP contribution >= 0.6 is 0 Å². The van der Waals surface area contributed by atoms with E-state index in [0.717, 1.165) is 25.7 Å². The Kier molecular flexibility index (Phi) is 4.60. The fourth-order valence-corrected chi connectivity index (χ4v) is 2.69. The summed E-state index contributed by atoms with van der Waals surface area (Å²) in [7, 11) is 3.04. The van der Waals surface area contributed by atoms with E-state index in [0.29, 0.717) is 5.56 Å². The third-order valence-corrected chi connectivity index (χ3v) is 3.91. The van der Waals surface area contributed by atoms with Crippen molar-refractivity contribution in [1.82, 2.24) is 4.90 Å². The summed E-state index contributed by atoms with van der Waals surface area (Å²) in [6.45, 7) is 0. The first-order chi connectivity index (χ1) is 9.54. The molecule has 2 unspecified atom stereocenters. The van der Waals surface area contributed by atoms with Crippen molar-refractivity contribution < 1.29 is 19.0 Å². The van der Waals surface area contributed by atoms with Gasteiger partial charge in [-0.25, -0.2) is 4.39 Å². The van der Waals surface area contributed by atoms with Crippen LogP contribution in [0.2, 0.25) is 0 Å². The van der Waals surface area contributed by atoms with Crippen molar-refractivity contribution in [1.29, 1.82) is 0 Å². The molecule has 1 fully saturated rings. The molecule has 110 valence electrons. The summed E-state index contributed by atoms with van der Waals surface area (Å²) in [6, 6.07) is 3.87. The van der Waals surface area contributed by atoms with Gasteiger partial charge in [0.1, 0.15) is 0 Å². The largest absolute Gasteiger partial charge is 0.494 e. The minimum Gasteiger partial charge on any atom is -0.494 e. The monoisotopic (exact) mass is 281 g/mol. The van der Waals surface area contributed by atoms with Crippen molar-refractivity contribution in [3.05, 3.63) is 29.6 Å². The number of nitrogens with zero attached hydrogens (tertiary/aromatic N) is 1. The molecule has 20 heavy (non-hydrogen) atoms. The normalized spacial score (nSPS) is 22.4. The lowest BCUT2D eigenvalue weighted by molar-refractivity contribution is 0.0268. The number of hydrogen-bond acceptors (Lipinski definition) is 3. The molecule has 2 atom stereocenters. The van der Waals surface area contributed by atoms with Gasteiger partial charge < -0.3 is 14.7 Å². The van der Waals surface area contributed by atoms with Gasteiger partial charge in [-0.15, -0.1) is 0 Å². The zero-order chi connectivity index (χ0) is 14.7. The van der Waals surface area contributed by atoms with Crippen LogP contribution in [0.1, 0.15) is 36.0 Å². The van der Waals surface area contributed by atoms with E-state index in [9.17, 15) is 14.3 Å². The number of methoxy groups -OCH3 is 1. The fraction of sp³-hybridized carbons (Fsp3) is 0.533. The average Bonchev–Trinajstić information content (AvgIpc) is 2.47. The van der Waals surface area contributed by atoms with Gasteiger partial charge in [-0.3, -0.25) is 4.79 Å². The van der Waals surface area contributed by atoms with Crippen molar-refractivity contribution >= 4 is 5.91 Å². The number of amides is 1. The van der Waals surface area contributed by atoms with Gasteiger partial charge in [-0.1, -0.05) is 12.8 Å². The molecule has 1 amide bonds. The molecular weight excluding hydrogens is 261 g/mol. The maximum Gasteiger partial charge on any atom is 0.254 e. The standard InChI is InChI=1S/C15H20FNO3/c1-17(12-5-3-4-6-13(12)18)15(19)10-7-8-11(16)14(9-10)20-2/h7-9,12-13,18H,3-6H2,1-2H3. The molecule has 1 N–H and O–H groups in total. The third-order valence-electron chi connectivity index (χ3n) is 3.91. The number of hydrogen-bond donors (Lipinski definition) is 1. The maximum absolute atomic E-state index is 13.4. The van der Waals surface area contributed by atoms with E-state index < -0.39 is 11.9 Å². The van der Waals surface area contributed by atoms with Crippen molar-refractivity contribution in [3.8, 4) is 5.75 Å². The molecule has 0 spiro atoms. The van der Waals surface area contributed by atoms with Crippen LogP contribution in [-0.4, -0.2) is 42.2 Å². The molecule has 4 nitrogen and oxygen atoms in total. The number of aliphatic hydroxyl groups is 1. The van der Waals surface area contributed by atoms with Gasteiger partial charge in [-0.05, 0) is 31.0 Å². The van der Waals surface area contributed by atoms with Crippen molar-refractivity contribution in [3.63, 3.8) is 0 Å². The number of halogens is 1. The third kappa shape index (κ3) is 2.93. The van der Waals surface area contributed by atoms with Gasteiger partial charge in [0, 0.05) is 12.6 Å². The van der Waals surface area contributed by atoms with Crippen LogP contribution in [0.25, 0.3) is 0 Å². The number of rotatable bonds is 3. The predicted molar refractivity (Wildman–Crippen MR) is 73.3 cm³/mol. The lowest BCUT2D eigenvalue weighted by Gasteiger charge is -2.35. The SMILES string of the molecule is COc1cc(C(=O)N(C)C2CCCCC2O)ccc1F. The summed E-state index contributed by atoms with van der Waals surface area (Å²) in [5.41, 5.74) is 0.364. The van der Waals surface area contributed by atoms with E-state index >= 15 is 0 Å². The van der Waals surface area contributed by atoms with Crippen LogP contribution < -0.4 is 4.74 Å². The lowest BCUT2D eigenvalue weighted by Crippen LogP contribution is -2.46. The minimum atomic E-state index is -0.496. The number of benzene rings is 1. The Balaban J connectivity index is 2.17. The fourth-order valence-electron chi connectivity index (χ4n) is 2.69. The molecule has 1 aromatic carbocycles. The van der Waals surface area contributed by atoms with E-state index in [-0.39, 0.29) is 17.7 Å². The summed E-state index contributed by atoms with van der Waals surface area (Å²) in [5.74, 6) is -0.674. The molecule has 0 aromatic heterocycles. The molecule has 1 aliphatic carbocycles. The molecule has 0 aliphatic heterocycles. The van der Waals surface area contributed by atoms with Crippen LogP contribution in [0.3, 0.4) is 0 Å². The second-order valence-corrected chi connectivity index (χ2v) is 5.18. The molecule has 1 saturated carbocycles. The van der Waals surface area contributed by atoms with Gasteiger partial charge >= 0.3 is 0 Å². The number of aliphatic hydroxyl groups excluding tert-OH is 1. The summed E-state index contributed by atoms with van der Waals surface area (Å²) in [4.78, 5) is 14.0. The summed E-state index contributed by atoms with van der Waals surface area (Å²) in [5, 5.41) is 10.0. The van der Waals surface area contributed by atoms with Gasteiger partial charge in [0.2, 0.25) is 0 Å². The Hall–Kier alpha value is -1.62. The van der Waals surface area contributed by atoms with Gasteiger partial charge in [0.15, 0.2) is 11.6 Å². The number of likely N-dealkylation sites (N-methyl/N-ethyl adjacent to an activating group) is 1. The van der Waals surface area contributed by atoms with Crippen molar-refractivity contribution in [2.24, 2.45) is 0 Å². The van der Waals surface area contributed by atoms with E-state index in [4.69, 9.17) is 4.74 Å². The first-order valence-corrected chi connectivity index (χ1v) is 6.83. The molecule has 0 saturated heterocycles. The average molecular weight is 281 g/mol. The summed E-state index contributed by atoms with van der Waals surface area (Å²) < 4.78 is 18.2. The van der Waals surface area contributed by atoms with E-state index in [1.165, 1.54) is 25.3 Å². The van der Waals surface area contributed by atoms with Crippen molar-refractivity contribution in [2.75, 3.05) is 14.2 Å². The highest BCUT2D eigenvalue weighted by Gasteiger charge is 2.30. The topological polar surface area (TPSA) is 49.8 Å². The van der Waals surface area contributed by atoms with Crippen LogP contribution in [0.15, 0.2) is 18.2 Å². The molecule has 0 radical (unpaired) electrons. The lowest BCUT2D eigenvalue weighted by atomic mass is 9.91. The molecule has 2 rings (SSSR count). The van der Waals surface area contributed by atoms with E-state index in [2.05, 4.69) is 0 Å². The highest BCUT2D eigenvalue weighted by Crippen LogP contribution is 2.25. The molecule has 5 heteroatoms. The second-order valence-electron chi connectivity index (χ2n) is 5.18. The summed E-state index contributed by atoms with van der Waals surface area (Å²) in [6.07, 6.45) is 3.02. The van der Waals surface area contributed by atoms with E-state index in [1.807, 2.05) is 0 Å². The maximum atomic E-state index is 13.4. The van der Waals surface area contributed by atoms with Gasteiger partial charge in [0.25, 0.3) is 5.91 Å². The zero-order valence-corrected chi connectivity index (χ0v) is 11.8. The molecule has 0 bridgehead atoms. The number of carbonyl (C=O) groups excluding carboxylic acids is 1. The molecule has 1 aromatic rings. The van der Waals surface area contributed by atoms with Gasteiger partial charge in [0.05, 0.1) is 19.3 Å². The predicted octanol–water partition coefficient (Wildman–Crippen LogP) is 2.21. The Morgan fingerprint density at radius 1 is 1.40 bits per heavy atom. The molecule has 0 heterocycles. The van der Waals surface area contributed by atoms with Crippen LogP contribution in [0, 0.1) is 5.82 Å². The molecular formula is C15H20FNO3. The Morgan fingerprint density at radius 3 is 2.75 bits per heavy atom. The Morgan fingerprint density at radius 2 is 2.10 bits per heavy atom. The van der Waals surface area contributed by atoms with Crippen LogP contribution in [0.4, 0.5) is 4.39 Å². The number of ether oxygens (including phenoxy) is 1. The van der Waals surface area contributed by atoms with E-state index in [1.54, 1.807) is 11.9 Å². The highest BCUT2D eigenvalue weighted by atomic mass is 19.1. The van der Waals surface area contributed by atoms with Crippen LogP contribution in [-0.2, 0) is 0 Å². The van der Waals surface area contributed by atoms with Gasteiger partial charge in [-0.2, -0.15) is 0 Å². The Labute approximate surface area is 118 Å². The number of carbonyl (C=O) groups is 1. The highest BCUT2D eigenvalue weighted by molar-refractivity contribution is 5.94. The first kappa shape index (κ1) is 14.8. The zero-order valence-electron chi connectivity index (χ0n) is 11.8. The Bertz CT molecular complexity index is 492.